The smallest absolute Gasteiger partial charge is 0.312 e. The van der Waals surface area contributed by atoms with Gasteiger partial charge >= 0.3 is 5.97 Å². The Hall–Kier alpha value is -0.570. The molecule has 6 atom stereocenters. The number of hydrogen-bond acceptors (Lipinski definition) is 3. The average Bonchev–Trinajstić information content (AvgIpc) is 2.30. The van der Waals surface area contributed by atoms with Crippen molar-refractivity contribution in [3.05, 3.63) is 0 Å². The summed E-state index contributed by atoms with van der Waals surface area (Å²) < 4.78 is 6.23. The number of rotatable bonds is 3. The van der Waals surface area contributed by atoms with Crippen LogP contribution in [0.3, 0.4) is 0 Å². The normalized spacial score (nSPS) is 42.5. The number of aliphatic hydroxyl groups is 1. The van der Waals surface area contributed by atoms with E-state index in [1.54, 1.807) is 0 Å². The largest absolute Gasteiger partial charge is 0.459 e. The molecule has 144 valence electrons. The van der Waals surface area contributed by atoms with Crippen molar-refractivity contribution in [1.82, 2.24) is 0 Å². The molecule has 0 amide bonds. The van der Waals surface area contributed by atoms with E-state index in [1.807, 2.05) is 6.92 Å². The van der Waals surface area contributed by atoms with Crippen molar-refractivity contribution < 1.29 is 14.6 Å². The van der Waals surface area contributed by atoms with Crippen LogP contribution in [0.15, 0.2) is 0 Å². The maximum atomic E-state index is 13.4. The van der Waals surface area contributed by atoms with E-state index in [4.69, 9.17) is 4.74 Å². The minimum Gasteiger partial charge on any atom is -0.459 e. The molecule has 0 bridgehead atoms. The van der Waals surface area contributed by atoms with Gasteiger partial charge in [0.15, 0.2) is 0 Å². The lowest BCUT2D eigenvalue weighted by molar-refractivity contribution is -0.285. The summed E-state index contributed by atoms with van der Waals surface area (Å²) in [5.41, 5.74) is -1.78. The molecule has 0 aliphatic heterocycles. The molecular weight excluding hydrogens is 312 g/mol. The van der Waals surface area contributed by atoms with E-state index in [2.05, 4.69) is 48.5 Å². The second-order valence-electron chi connectivity index (χ2n) is 12.1. The molecule has 0 saturated heterocycles. The summed E-state index contributed by atoms with van der Waals surface area (Å²) in [6.45, 7) is 17.1. The molecular formula is C22H38O3. The van der Waals surface area contributed by atoms with Crippen LogP contribution in [0, 0.1) is 34.0 Å². The summed E-state index contributed by atoms with van der Waals surface area (Å²) in [5, 5.41) is 10.9. The molecule has 0 spiro atoms. The van der Waals surface area contributed by atoms with Crippen LogP contribution in [0.1, 0.15) is 87.5 Å². The van der Waals surface area contributed by atoms with Gasteiger partial charge in [0.2, 0.25) is 0 Å². The van der Waals surface area contributed by atoms with Crippen molar-refractivity contribution in [2.75, 3.05) is 0 Å². The minimum atomic E-state index is -0.580. The fraction of sp³-hybridized carbons (Fsp3) is 0.955. The summed E-state index contributed by atoms with van der Waals surface area (Å²) in [6, 6.07) is 0. The van der Waals surface area contributed by atoms with Crippen LogP contribution >= 0.6 is 0 Å². The van der Waals surface area contributed by atoms with Crippen LogP contribution in [0.25, 0.3) is 0 Å². The number of hydrogen-bond donors (Lipinski definition) is 1. The van der Waals surface area contributed by atoms with Crippen molar-refractivity contribution in [2.45, 2.75) is 98.7 Å². The third kappa shape index (κ3) is 3.05. The highest BCUT2D eigenvalue weighted by atomic mass is 16.6. The van der Waals surface area contributed by atoms with Gasteiger partial charge in [-0.2, -0.15) is 0 Å². The van der Waals surface area contributed by atoms with Gasteiger partial charge in [-0.15, -0.1) is 0 Å². The molecule has 6 unspecified atom stereocenters. The fourth-order valence-corrected chi connectivity index (χ4v) is 6.18. The zero-order chi connectivity index (χ0) is 19.1. The summed E-state index contributed by atoms with van der Waals surface area (Å²) >= 11 is 0. The molecule has 3 aliphatic carbocycles. The van der Waals surface area contributed by atoms with Crippen LogP contribution in [0.2, 0.25) is 0 Å². The number of ether oxygens (including phenoxy) is 1. The maximum Gasteiger partial charge on any atom is 0.312 e. The average molecular weight is 351 g/mol. The summed E-state index contributed by atoms with van der Waals surface area (Å²) in [5.74, 6) is 1.66. The molecule has 3 rings (SSSR count). The van der Waals surface area contributed by atoms with E-state index in [1.165, 1.54) is 6.42 Å². The Kier molecular flexibility index (Phi) is 4.02. The highest BCUT2D eigenvalue weighted by molar-refractivity contribution is 5.78. The Balaban J connectivity index is 1.79. The zero-order valence-corrected chi connectivity index (χ0v) is 17.5. The minimum absolute atomic E-state index is 0.0486. The van der Waals surface area contributed by atoms with Crippen LogP contribution in [0.4, 0.5) is 0 Å². The van der Waals surface area contributed by atoms with E-state index < -0.39 is 16.6 Å². The Morgan fingerprint density at radius 1 is 1.08 bits per heavy atom. The Morgan fingerprint density at radius 3 is 2.08 bits per heavy atom. The van der Waals surface area contributed by atoms with Crippen LogP contribution in [0.5, 0.6) is 0 Å². The third-order valence-electron chi connectivity index (χ3n) is 7.56. The van der Waals surface area contributed by atoms with E-state index in [0.717, 1.165) is 25.2 Å². The van der Waals surface area contributed by atoms with Gasteiger partial charge in [0, 0.05) is 6.42 Å². The lowest BCUT2D eigenvalue weighted by Gasteiger charge is -2.69. The highest BCUT2D eigenvalue weighted by Crippen LogP contribution is 2.67. The van der Waals surface area contributed by atoms with Gasteiger partial charge in [-0.3, -0.25) is 4.79 Å². The molecule has 25 heavy (non-hydrogen) atoms. The monoisotopic (exact) mass is 350 g/mol. The van der Waals surface area contributed by atoms with Gasteiger partial charge in [-0.05, 0) is 68.1 Å². The Morgan fingerprint density at radius 2 is 1.64 bits per heavy atom. The van der Waals surface area contributed by atoms with Crippen molar-refractivity contribution in [1.29, 1.82) is 0 Å². The van der Waals surface area contributed by atoms with Crippen molar-refractivity contribution >= 4 is 5.97 Å². The van der Waals surface area contributed by atoms with Crippen LogP contribution < -0.4 is 0 Å². The van der Waals surface area contributed by atoms with Gasteiger partial charge in [-0.1, -0.05) is 41.5 Å². The Labute approximate surface area is 153 Å². The maximum absolute atomic E-state index is 13.4. The third-order valence-corrected chi connectivity index (χ3v) is 7.56. The van der Waals surface area contributed by atoms with Crippen molar-refractivity contribution in [3.8, 4) is 0 Å². The lowest BCUT2D eigenvalue weighted by atomic mass is 9.39. The van der Waals surface area contributed by atoms with Crippen LogP contribution in [-0.4, -0.2) is 22.3 Å². The summed E-state index contributed by atoms with van der Waals surface area (Å²) in [7, 11) is 0. The van der Waals surface area contributed by atoms with Gasteiger partial charge in [-0.25, -0.2) is 0 Å². The van der Waals surface area contributed by atoms with E-state index in [0.29, 0.717) is 18.3 Å². The molecule has 3 fully saturated rings. The van der Waals surface area contributed by atoms with Gasteiger partial charge in [0.25, 0.3) is 0 Å². The highest BCUT2D eigenvalue weighted by Gasteiger charge is 2.68. The first-order valence-electron chi connectivity index (χ1n) is 10.0. The summed E-state index contributed by atoms with van der Waals surface area (Å²) in [4.78, 5) is 13.4. The predicted molar refractivity (Wildman–Crippen MR) is 100 cm³/mol. The quantitative estimate of drug-likeness (QED) is 0.732. The van der Waals surface area contributed by atoms with E-state index in [9.17, 15) is 9.90 Å². The molecule has 3 heteroatoms. The zero-order valence-electron chi connectivity index (χ0n) is 17.5. The molecule has 3 aliphatic rings. The molecule has 0 aromatic carbocycles. The Bertz CT molecular complexity index is 569. The molecule has 1 N–H and O–H groups in total. The SMILES string of the molecule is CC(C)(C)CC(C)(C(=O)OC1(C)CC2CC3CC(O)(C1)C23)C(C)(C)C. The van der Waals surface area contributed by atoms with Gasteiger partial charge < -0.3 is 9.84 Å². The number of esters is 1. The molecule has 0 aromatic heterocycles. The number of carbonyl (C=O) groups is 1. The molecule has 0 heterocycles. The standard InChI is InChI=1S/C22H38O3/c1-18(2,3)12-21(8,19(4,5)6)17(23)25-20(7)10-14-9-15-11-22(24,13-20)16(14)15/h14-16,24H,9-13H2,1-8H3. The summed E-state index contributed by atoms with van der Waals surface area (Å²) in [6.07, 6.45) is 4.42. The lowest BCUT2D eigenvalue weighted by Crippen LogP contribution is -2.70. The fourth-order valence-electron chi connectivity index (χ4n) is 6.18. The van der Waals surface area contributed by atoms with Crippen molar-refractivity contribution in [2.24, 2.45) is 34.0 Å². The molecule has 3 nitrogen and oxygen atoms in total. The molecule has 0 radical (unpaired) electrons. The van der Waals surface area contributed by atoms with E-state index >= 15 is 0 Å². The molecule has 3 saturated carbocycles. The van der Waals surface area contributed by atoms with Crippen molar-refractivity contribution in [3.63, 3.8) is 0 Å². The van der Waals surface area contributed by atoms with E-state index in [-0.39, 0.29) is 16.8 Å². The van der Waals surface area contributed by atoms with Gasteiger partial charge in [0.1, 0.15) is 5.60 Å². The molecule has 0 aromatic rings. The second kappa shape index (κ2) is 5.24. The topological polar surface area (TPSA) is 46.5 Å². The van der Waals surface area contributed by atoms with Crippen LogP contribution in [-0.2, 0) is 9.53 Å². The first-order chi connectivity index (χ1) is 11.1. The first kappa shape index (κ1) is 19.2. The number of carbonyl (C=O) groups excluding carboxylic acids is 1. The van der Waals surface area contributed by atoms with Gasteiger partial charge in [0.05, 0.1) is 11.0 Å². The first-order valence-corrected chi connectivity index (χ1v) is 10.0. The second-order valence-corrected chi connectivity index (χ2v) is 12.1. The predicted octanol–water partition coefficient (Wildman–Crippen LogP) is 4.96.